The van der Waals surface area contributed by atoms with Crippen molar-refractivity contribution < 1.29 is 26.4 Å². The first-order chi connectivity index (χ1) is 10.4. The molecule has 1 amide bonds. The molecule has 2 aromatic rings. The number of nitrogens with zero attached hydrogens (tertiary/aromatic N) is 2. The monoisotopic (exact) mass is 349 g/mol. The van der Waals surface area contributed by atoms with Gasteiger partial charge in [-0.2, -0.15) is 13.2 Å². The number of carbonyl (C=O) groups is 1. The maximum absolute atomic E-state index is 13.1. The van der Waals surface area contributed by atoms with Crippen LogP contribution in [0.1, 0.15) is 36.1 Å². The normalized spacial score (nSPS) is 12.8. The summed E-state index contributed by atoms with van der Waals surface area (Å²) in [5.41, 5.74) is 0.0838. The zero-order valence-electron chi connectivity index (χ0n) is 12.5. The van der Waals surface area contributed by atoms with Crippen molar-refractivity contribution in [2.45, 2.75) is 26.1 Å². The molecule has 126 valence electrons. The molecule has 1 N–H and O–H groups in total. The van der Waals surface area contributed by atoms with E-state index in [9.17, 15) is 26.4 Å². The highest BCUT2D eigenvalue weighted by molar-refractivity contribution is 7.89. The summed E-state index contributed by atoms with van der Waals surface area (Å²) in [6, 6.07) is 3.20. The Morgan fingerprint density at radius 2 is 1.91 bits per heavy atom. The van der Waals surface area contributed by atoms with Crippen LogP contribution in [0.2, 0.25) is 0 Å². The van der Waals surface area contributed by atoms with Crippen LogP contribution in [0.5, 0.6) is 0 Å². The summed E-state index contributed by atoms with van der Waals surface area (Å²) in [4.78, 5) is 15.3. The molecule has 1 aromatic heterocycles. The molecule has 0 saturated heterocycles. The molecule has 10 heteroatoms. The van der Waals surface area contributed by atoms with Crippen LogP contribution in [0.3, 0.4) is 0 Å². The number of hydrogen-bond donors (Lipinski definition) is 1. The van der Waals surface area contributed by atoms with Crippen LogP contribution in [0.15, 0.2) is 18.2 Å². The summed E-state index contributed by atoms with van der Waals surface area (Å²) < 4.78 is 64.1. The van der Waals surface area contributed by atoms with Gasteiger partial charge in [-0.05, 0) is 32.0 Å². The average Bonchev–Trinajstić information content (AvgIpc) is 2.74. The summed E-state index contributed by atoms with van der Waals surface area (Å²) in [5, 5.41) is 0. The summed E-state index contributed by atoms with van der Waals surface area (Å²) in [6.45, 7) is 3.17. The zero-order valence-corrected chi connectivity index (χ0v) is 13.3. The SMILES string of the molecule is CC(C)n1c(C(F)(F)F)nc2cc(C(=O)NS(C)(=O)=O)ccc21. The number of amides is 1. The minimum Gasteiger partial charge on any atom is -0.318 e. The molecule has 0 spiro atoms. The van der Waals surface area contributed by atoms with Crippen LogP contribution >= 0.6 is 0 Å². The molecule has 23 heavy (non-hydrogen) atoms. The lowest BCUT2D eigenvalue weighted by Gasteiger charge is -2.14. The highest BCUT2D eigenvalue weighted by Gasteiger charge is 2.38. The van der Waals surface area contributed by atoms with Crippen LogP contribution in [-0.2, 0) is 16.2 Å². The molecule has 0 radical (unpaired) electrons. The number of hydrogen-bond acceptors (Lipinski definition) is 4. The van der Waals surface area contributed by atoms with Crippen LogP contribution in [-0.4, -0.2) is 30.1 Å². The first kappa shape index (κ1) is 17.3. The largest absolute Gasteiger partial charge is 0.449 e. The van der Waals surface area contributed by atoms with Crippen LogP contribution in [0.4, 0.5) is 13.2 Å². The van der Waals surface area contributed by atoms with E-state index in [1.165, 1.54) is 12.1 Å². The van der Waals surface area contributed by atoms with Gasteiger partial charge in [-0.25, -0.2) is 18.1 Å². The number of halogens is 3. The highest BCUT2D eigenvalue weighted by atomic mass is 32.2. The summed E-state index contributed by atoms with van der Waals surface area (Å²) >= 11 is 0. The standard InChI is InChI=1S/C13H14F3N3O3S/c1-7(2)19-10-5-4-8(11(20)18-23(3,21)22)6-9(10)17-12(19)13(14,15)16/h4-7H,1-3H3,(H,18,20). The first-order valence-electron chi connectivity index (χ1n) is 6.51. The van der Waals surface area contributed by atoms with E-state index in [0.29, 0.717) is 0 Å². The predicted octanol–water partition coefficient (Wildman–Crippen LogP) is 2.33. The number of rotatable bonds is 3. The number of alkyl halides is 3. The Kier molecular flexibility index (Phi) is 4.14. The number of benzene rings is 1. The van der Waals surface area contributed by atoms with Crippen molar-refractivity contribution in [3.8, 4) is 0 Å². The third kappa shape index (κ3) is 3.63. The topological polar surface area (TPSA) is 81.1 Å². The number of fused-ring (bicyclic) bond motifs is 1. The molecule has 0 unspecified atom stereocenters. The second kappa shape index (κ2) is 5.52. The predicted molar refractivity (Wildman–Crippen MR) is 77.4 cm³/mol. The average molecular weight is 349 g/mol. The summed E-state index contributed by atoms with van der Waals surface area (Å²) in [5.74, 6) is -2.00. The van der Waals surface area contributed by atoms with Crippen LogP contribution in [0, 0.1) is 0 Å². The van der Waals surface area contributed by atoms with Crippen LogP contribution in [0.25, 0.3) is 11.0 Å². The Morgan fingerprint density at radius 1 is 1.30 bits per heavy atom. The van der Waals surface area contributed by atoms with Crippen molar-refractivity contribution in [1.29, 1.82) is 0 Å². The minimum atomic E-state index is -4.64. The number of carbonyl (C=O) groups excluding carboxylic acids is 1. The third-order valence-corrected chi connectivity index (χ3v) is 3.56. The second-order valence-corrected chi connectivity index (χ2v) is 7.05. The van der Waals surface area contributed by atoms with Gasteiger partial charge in [0.05, 0.1) is 17.3 Å². The molecule has 2 rings (SSSR count). The highest BCUT2D eigenvalue weighted by Crippen LogP contribution is 2.33. The van der Waals surface area contributed by atoms with Gasteiger partial charge in [0, 0.05) is 11.6 Å². The Bertz CT molecular complexity index is 870. The lowest BCUT2D eigenvalue weighted by atomic mass is 10.2. The maximum atomic E-state index is 13.1. The lowest BCUT2D eigenvalue weighted by molar-refractivity contribution is -0.147. The van der Waals surface area contributed by atoms with E-state index >= 15 is 0 Å². The molecule has 1 heterocycles. The minimum absolute atomic E-state index is 0.0350. The van der Waals surface area contributed by atoms with E-state index in [1.54, 1.807) is 18.6 Å². The molecule has 0 saturated carbocycles. The first-order valence-corrected chi connectivity index (χ1v) is 8.40. The van der Waals surface area contributed by atoms with Gasteiger partial charge < -0.3 is 4.57 Å². The van der Waals surface area contributed by atoms with Crippen molar-refractivity contribution in [2.75, 3.05) is 6.26 Å². The van der Waals surface area contributed by atoms with E-state index in [4.69, 9.17) is 0 Å². The van der Waals surface area contributed by atoms with Gasteiger partial charge in [0.15, 0.2) is 0 Å². The van der Waals surface area contributed by atoms with Gasteiger partial charge in [0.2, 0.25) is 15.8 Å². The van der Waals surface area contributed by atoms with Crippen molar-refractivity contribution in [3.05, 3.63) is 29.6 Å². The van der Waals surface area contributed by atoms with E-state index in [1.807, 2.05) is 0 Å². The van der Waals surface area contributed by atoms with Gasteiger partial charge >= 0.3 is 6.18 Å². The second-order valence-electron chi connectivity index (χ2n) is 5.30. The van der Waals surface area contributed by atoms with E-state index in [-0.39, 0.29) is 16.6 Å². The fourth-order valence-corrected chi connectivity index (χ4v) is 2.64. The number of nitrogens with one attached hydrogen (secondary N) is 1. The van der Waals surface area contributed by atoms with Gasteiger partial charge in [-0.15, -0.1) is 0 Å². The molecule has 6 nitrogen and oxygen atoms in total. The molecular formula is C13H14F3N3O3S. The molecule has 0 atom stereocenters. The quantitative estimate of drug-likeness (QED) is 0.922. The third-order valence-electron chi connectivity index (χ3n) is 3.00. The molecular weight excluding hydrogens is 335 g/mol. The number of aromatic nitrogens is 2. The van der Waals surface area contributed by atoms with E-state index < -0.39 is 34.0 Å². The fourth-order valence-electron chi connectivity index (χ4n) is 2.19. The van der Waals surface area contributed by atoms with Crippen molar-refractivity contribution in [1.82, 2.24) is 14.3 Å². The van der Waals surface area contributed by atoms with E-state index in [0.717, 1.165) is 16.9 Å². The zero-order chi connectivity index (χ0) is 17.6. The van der Waals surface area contributed by atoms with Crippen molar-refractivity contribution >= 4 is 27.0 Å². The maximum Gasteiger partial charge on any atom is 0.449 e. The van der Waals surface area contributed by atoms with Gasteiger partial charge in [-0.3, -0.25) is 4.79 Å². The lowest BCUT2D eigenvalue weighted by Crippen LogP contribution is -2.29. The molecule has 0 bridgehead atoms. The molecule has 0 aliphatic carbocycles. The van der Waals surface area contributed by atoms with Crippen molar-refractivity contribution in [2.24, 2.45) is 0 Å². The number of sulfonamides is 1. The summed E-state index contributed by atoms with van der Waals surface area (Å²) in [6.07, 6.45) is -3.84. The molecule has 1 aromatic carbocycles. The molecule has 0 aliphatic heterocycles. The van der Waals surface area contributed by atoms with Gasteiger partial charge in [0.1, 0.15) is 0 Å². The van der Waals surface area contributed by atoms with Crippen LogP contribution < -0.4 is 4.72 Å². The Labute approximate surface area is 130 Å². The van der Waals surface area contributed by atoms with Crippen molar-refractivity contribution in [3.63, 3.8) is 0 Å². The summed E-state index contributed by atoms with van der Waals surface area (Å²) in [7, 11) is -3.77. The van der Waals surface area contributed by atoms with Gasteiger partial charge in [-0.1, -0.05) is 0 Å². The Balaban J connectivity index is 2.59. The van der Waals surface area contributed by atoms with Gasteiger partial charge in [0.25, 0.3) is 5.91 Å². The smallest absolute Gasteiger partial charge is 0.318 e. The Hall–Kier alpha value is -2.10. The van der Waals surface area contributed by atoms with E-state index in [2.05, 4.69) is 4.98 Å². The molecule has 0 aliphatic rings. The fraction of sp³-hybridized carbons (Fsp3) is 0.385. The molecule has 0 fully saturated rings. The Morgan fingerprint density at radius 3 is 2.39 bits per heavy atom. The number of imidazole rings is 1.